The molecule has 0 fully saturated rings. The lowest BCUT2D eigenvalue weighted by Crippen LogP contribution is -2.21. The van der Waals surface area contributed by atoms with Crippen LogP contribution in [0.25, 0.3) is 0 Å². The number of sulfonamides is 2. The van der Waals surface area contributed by atoms with Gasteiger partial charge in [0.2, 0.25) is 0 Å². The highest BCUT2D eigenvalue weighted by atomic mass is 32.2. The highest BCUT2D eigenvalue weighted by molar-refractivity contribution is 7.89. The largest absolute Gasteiger partial charge is 0.276 e. The van der Waals surface area contributed by atoms with Gasteiger partial charge in [-0.15, -0.1) is 0 Å². The molecule has 198 valence electrons. The molecule has 2 aliphatic rings. The molecule has 0 aliphatic heterocycles. The Kier molecular flexibility index (Phi) is 8.43. The van der Waals surface area contributed by atoms with E-state index in [1.807, 2.05) is 38.1 Å². The van der Waals surface area contributed by atoms with Gasteiger partial charge < -0.3 is 0 Å². The maximum Gasteiger partial charge on any atom is 0.276 e. The van der Waals surface area contributed by atoms with Crippen LogP contribution in [0.4, 0.5) is 0 Å². The highest BCUT2D eigenvalue weighted by Gasteiger charge is 2.14. The molecule has 2 N–H and O–H groups in total. The molecule has 0 saturated heterocycles. The minimum atomic E-state index is -3.85. The first-order chi connectivity index (χ1) is 18.1. The van der Waals surface area contributed by atoms with E-state index in [4.69, 9.17) is 0 Å². The van der Waals surface area contributed by atoms with Crippen molar-refractivity contribution >= 4 is 31.5 Å². The van der Waals surface area contributed by atoms with E-state index in [1.165, 1.54) is 24.3 Å². The first-order valence-electron chi connectivity index (χ1n) is 12.2. The third-order valence-electron chi connectivity index (χ3n) is 6.11. The molecule has 2 bridgehead atoms. The molecular formula is C28H30N4O4S2. The second-order valence-corrected chi connectivity index (χ2v) is 12.5. The topological polar surface area (TPSA) is 117 Å². The number of hydrogen-bond donors (Lipinski definition) is 2. The number of nitrogens with zero attached hydrogens (tertiary/aromatic N) is 2. The predicted molar refractivity (Wildman–Crippen MR) is 150 cm³/mol. The van der Waals surface area contributed by atoms with E-state index < -0.39 is 20.0 Å². The smallest absolute Gasteiger partial charge is 0.200 e. The van der Waals surface area contributed by atoms with E-state index in [9.17, 15) is 16.8 Å². The van der Waals surface area contributed by atoms with E-state index in [0.717, 1.165) is 22.3 Å². The summed E-state index contributed by atoms with van der Waals surface area (Å²) in [4.78, 5) is 4.89. The van der Waals surface area contributed by atoms with Crippen molar-refractivity contribution in [2.24, 2.45) is 10.2 Å². The van der Waals surface area contributed by atoms with Crippen LogP contribution in [-0.2, 0) is 32.9 Å². The number of rotatable bonds is 6. The highest BCUT2D eigenvalue weighted by Crippen LogP contribution is 2.14. The van der Waals surface area contributed by atoms with Gasteiger partial charge in [0.1, 0.15) is 0 Å². The van der Waals surface area contributed by atoms with Crippen LogP contribution in [0.3, 0.4) is 0 Å². The Morgan fingerprint density at radius 1 is 0.526 bits per heavy atom. The van der Waals surface area contributed by atoms with Gasteiger partial charge in [-0.05, 0) is 87.1 Å². The molecular weight excluding hydrogens is 520 g/mol. The Morgan fingerprint density at radius 2 is 0.868 bits per heavy atom. The molecule has 0 radical (unpaired) electrons. The molecule has 10 heteroatoms. The van der Waals surface area contributed by atoms with E-state index in [2.05, 4.69) is 19.9 Å². The number of hydrogen-bond acceptors (Lipinski definition) is 6. The summed E-state index contributed by atoms with van der Waals surface area (Å²) in [7, 11) is -7.69. The van der Waals surface area contributed by atoms with Gasteiger partial charge in [-0.2, -0.15) is 36.7 Å². The molecule has 2 aliphatic carbocycles. The Labute approximate surface area is 224 Å². The molecule has 0 saturated carbocycles. The maximum absolute atomic E-state index is 12.8. The molecule has 0 aromatic heterocycles. The van der Waals surface area contributed by atoms with Crippen molar-refractivity contribution in [3.63, 3.8) is 0 Å². The minimum absolute atomic E-state index is 0.118. The van der Waals surface area contributed by atoms with Crippen molar-refractivity contribution in [1.29, 1.82) is 0 Å². The standard InChI is InChI=1S/C28H30N4O4S2/c1-21-3-17-27(18-4-21)37(33,34)31-29-25-13-11-23-7-9-24(10-8-23)12-14-26(16-15-25)30-32-38(35,36)28-19-5-22(2)6-20-28/h3-10,15-20,31-32H,11-14H2,1-2H3/b16-15-,29-25-,30-26-. The molecule has 3 aromatic rings. The predicted octanol–water partition coefficient (Wildman–Crippen LogP) is 4.41. The zero-order chi connectivity index (χ0) is 27.2. The van der Waals surface area contributed by atoms with Crippen LogP contribution in [0.15, 0.2) is 105 Å². The van der Waals surface area contributed by atoms with Gasteiger partial charge in [0.25, 0.3) is 20.0 Å². The zero-order valence-electron chi connectivity index (χ0n) is 21.3. The van der Waals surface area contributed by atoms with Crippen LogP contribution in [-0.4, -0.2) is 28.3 Å². The van der Waals surface area contributed by atoms with Gasteiger partial charge in [-0.3, -0.25) is 0 Å². The average molecular weight is 551 g/mol. The van der Waals surface area contributed by atoms with Gasteiger partial charge in [0.15, 0.2) is 0 Å². The summed E-state index contributed by atoms with van der Waals surface area (Å²) < 4.78 is 51.0. The number of nitrogens with one attached hydrogen (secondary N) is 2. The summed E-state index contributed by atoms with van der Waals surface area (Å²) in [5.74, 6) is 0. The van der Waals surface area contributed by atoms with E-state index >= 15 is 0 Å². The fourth-order valence-electron chi connectivity index (χ4n) is 3.74. The van der Waals surface area contributed by atoms with Crippen LogP contribution in [0, 0.1) is 13.8 Å². The second kappa shape index (κ2) is 11.7. The Balaban J connectivity index is 1.61. The Hall–Kier alpha value is -3.76. The van der Waals surface area contributed by atoms with Crippen molar-refractivity contribution < 1.29 is 16.8 Å². The number of hydrazone groups is 2. The van der Waals surface area contributed by atoms with E-state index in [1.54, 1.807) is 36.4 Å². The number of allylic oxidation sites excluding steroid dienone is 2. The van der Waals surface area contributed by atoms with Crippen LogP contribution in [0.2, 0.25) is 0 Å². The van der Waals surface area contributed by atoms with Gasteiger partial charge >= 0.3 is 0 Å². The molecule has 0 spiro atoms. The molecule has 3 aromatic carbocycles. The van der Waals surface area contributed by atoms with Gasteiger partial charge in [-0.1, -0.05) is 59.7 Å². The molecule has 0 heterocycles. The lowest BCUT2D eigenvalue weighted by atomic mass is 10.00. The van der Waals surface area contributed by atoms with Crippen LogP contribution in [0.1, 0.15) is 35.1 Å². The maximum atomic E-state index is 12.8. The Morgan fingerprint density at radius 3 is 1.21 bits per heavy atom. The average Bonchev–Trinajstić information content (AvgIpc) is 2.89. The van der Waals surface area contributed by atoms with Gasteiger partial charge in [0.05, 0.1) is 21.2 Å². The molecule has 0 atom stereocenters. The van der Waals surface area contributed by atoms with Gasteiger partial charge in [0, 0.05) is 0 Å². The fraction of sp³-hybridized carbons (Fsp3) is 0.214. The van der Waals surface area contributed by atoms with Crippen molar-refractivity contribution in [3.8, 4) is 0 Å². The first-order valence-corrected chi connectivity index (χ1v) is 15.1. The van der Waals surface area contributed by atoms with Crippen LogP contribution in [0.5, 0.6) is 0 Å². The number of aryl methyl sites for hydroxylation is 4. The molecule has 8 nitrogen and oxygen atoms in total. The third-order valence-corrected chi connectivity index (χ3v) is 8.56. The van der Waals surface area contributed by atoms with Crippen molar-refractivity contribution in [3.05, 3.63) is 107 Å². The van der Waals surface area contributed by atoms with Crippen LogP contribution >= 0.6 is 0 Å². The quantitative estimate of drug-likeness (QED) is 0.442. The molecule has 0 amide bonds. The van der Waals surface area contributed by atoms with Crippen molar-refractivity contribution in [1.82, 2.24) is 9.66 Å². The third kappa shape index (κ3) is 7.39. The minimum Gasteiger partial charge on any atom is -0.200 e. The SMILES string of the molecule is Cc1ccc(S(=O)(=O)N\N=C2/C=C\C(=N/NS(=O)(=O)c3ccc(C)cc3)CCc3ccc(cc3)CC2)cc1. The summed E-state index contributed by atoms with van der Waals surface area (Å²) in [5, 5.41) is 8.39. The summed E-state index contributed by atoms with van der Waals surface area (Å²) >= 11 is 0. The van der Waals surface area contributed by atoms with E-state index in [0.29, 0.717) is 37.1 Å². The summed E-state index contributed by atoms with van der Waals surface area (Å²) in [6.07, 6.45) is 5.59. The lowest BCUT2D eigenvalue weighted by Gasteiger charge is -2.10. The zero-order valence-corrected chi connectivity index (χ0v) is 22.9. The first kappa shape index (κ1) is 27.3. The Bertz CT molecular complexity index is 1450. The normalized spacial score (nSPS) is 17.5. The monoisotopic (exact) mass is 550 g/mol. The van der Waals surface area contributed by atoms with Crippen molar-refractivity contribution in [2.75, 3.05) is 0 Å². The van der Waals surface area contributed by atoms with E-state index in [-0.39, 0.29) is 9.79 Å². The number of benzene rings is 3. The number of fused-ring (bicyclic) bond motifs is 8. The summed E-state index contributed by atoms with van der Waals surface area (Å²) in [6, 6.07) is 21.1. The fourth-order valence-corrected chi connectivity index (χ4v) is 5.41. The van der Waals surface area contributed by atoms with Gasteiger partial charge in [-0.25, -0.2) is 0 Å². The lowest BCUT2D eigenvalue weighted by molar-refractivity contribution is 0.582. The summed E-state index contributed by atoms with van der Waals surface area (Å²) in [5.41, 5.74) is 5.09. The van der Waals surface area contributed by atoms with Crippen LogP contribution < -0.4 is 9.66 Å². The molecule has 5 rings (SSSR count). The molecule has 0 unspecified atom stereocenters. The van der Waals surface area contributed by atoms with Crippen molar-refractivity contribution in [2.45, 2.75) is 49.3 Å². The summed E-state index contributed by atoms with van der Waals surface area (Å²) in [6.45, 7) is 3.76. The molecule has 38 heavy (non-hydrogen) atoms. The second-order valence-electron chi connectivity index (χ2n) is 9.17.